The number of thiophene rings is 1. The van der Waals surface area contributed by atoms with Crippen molar-refractivity contribution in [1.29, 1.82) is 0 Å². The lowest BCUT2D eigenvalue weighted by molar-refractivity contribution is -0.137. The molecular formula is C17H10F3N3S. The van der Waals surface area contributed by atoms with E-state index in [0.717, 1.165) is 28.6 Å². The summed E-state index contributed by atoms with van der Waals surface area (Å²) < 4.78 is 39.0. The smallest absolute Gasteiger partial charge is 0.275 e. The molecule has 0 unspecified atom stereocenters. The van der Waals surface area contributed by atoms with Crippen molar-refractivity contribution in [3.05, 3.63) is 58.9 Å². The van der Waals surface area contributed by atoms with Gasteiger partial charge in [-0.1, -0.05) is 12.1 Å². The Bertz CT molecular complexity index is 1000. The van der Waals surface area contributed by atoms with E-state index in [1.807, 2.05) is 22.9 Å². The number of aromatic nitrogens is 3. The highest BCUT2D eigenvalue weighted by atomic mass is 32.1. The Kier molecular flexibility index (Phi) is 3.38. The first kappa shape index (κ1) is 14.9. The zero-order chi connectivity index (χ0) is 16.7. The van der Waals surface area contributed by atoms with Gasteiger partial charge in [0, 0.05) is 11.8 Å². The topological polar surface area (TPSA) is 41.6 Å². The van der Waals surface area contributed by atoms with Crippen molar-refractivity contribution in [2.75, 3.05) is 0 Å². The monoisotopic (exact) mass is 345 g/mol. The molecule has 0 spiro atoms. The van der Waals surface area contributed by atoms with Crippen LogP contribution in [0.1, 0.15) is 5.56 Å². The van der Waals surface area contributed by atoms with Crippen molar-refractivity contribution >= 4 is 22.4 Å². The van der Waals surface area contributed by atoms with Crippen LogP contribution in [-0.4, -0.2) is 15.2 Å². The average Bonchev–Trinajstić information content (AvgIpc) is 3.23. The van der Waals surface area contributed by atoms with Crippen LogP contribution in [0.15, 0.2) is 53.4 Å². The first-order valence-electron chi connectivity index (χ1n) is 7.07. The molecule has 0 bridgehead atoms. The largest absolute Gasteiger partial charge is 0.416 e. The van der Waals surface area contributed by atoms with Gasteiger partial charge in [-0.3, -0.25) is 5.10 Å². The lowest BCUT2D eigenvalue weighted by Gasteiger charge is -2.09. The lowest BCUT2D eigenvalue weighted by Crippen LogP contribution is -2.04. The molecule has 0 aliphatic heterocycles. The number of pyridine rings is 1. The van der Waals surface area contributed by atoms with Crippen LogP contribution in [0.2, 0.25) is 0 Å². The fraction of sp³-hybridized carbons (Fsp3) is 0.0588. The van der Waals surface area contributed by atoms with Gasteiger partial charge in [-0.15, -0.1) is 0 Å². The zero-order valence-electron chi connectivity index (χ0n) is 12.1. The Labute approximate surface area is 138 Å². The molecule has 0 aliphatic rings. The van der Waals surface area contributed by atoms with Crippen LogP contribution >= 0.6 is 11.3 Å². The summed E-state index contributed by atoms with van der Waals surface area (Å²) in [6.07, 6.45) is -2.74. The highest BCUT2D eigenvalue weighted by molar-refractivity contribution is 7.08. The molecule has 7 heteroatoms. The Balaban J connectivity index is 1.96. The number of hydrogen-bond acceptors (Lipinski definition) is 3. The predicted molar refractivity (Wildman–Crippen MR) is 87.6 cm³/mol. The summed E-state index contributed by atoms with van der Waals surface area (Å²) in [7, 11) is 0. The molecule has 0 saturated carbocycles. The third-order valence-electron chi connectivity index (χ3n) is 3.77. The first-order valence-corrected chi connectivity index (χ1v) is 8.01. The number of hydrogen-bond donors (Lipinski definition) is 1. The Morgan fingerprint density at radius 2 is 1.92 bits per heavy atom. The molecule has 4 rings (SSSR count). The van der Waals surface area contributed by atoms with Gasteiger partial charge in [0.1, 0.15) is 0 Å². The fourth-order valence-corrected chi connectivity index (χ4v) is 3.32. The molecule has 0 atom stereocenters. The average molecular weight is 345 g/mol. The van der Waals surface area contributed by atoms with Gasteiger partial charge in [0.05, 0.1) is 16.6 Å². The minimum atomic E-state index is -4.39. The fourth-order valence-electron chi connectivity index (χ4n) is 2.66. The second-order valence-corrected chi connectivity index (χ2v) is 6.03. The van der Waals surface area contributed by atoms with Gasteiger partial charge in [-0.05, 0) is 46.2 Å². The van der Waals surface area contributed by atoms with Gasteiger partial charge in [-0.2, -0.15) is 29.6 Å². The van der Waals surface area contributed by atoms with Gasteiger partial charge in [0.15, 0.2) is 5.65 Å². The number of H-pyrrole nitrogens is 1. The van der Waals surface area contributed by atoms with E-state index in [0.29, 0.717) is 16.9 Å². The minimum absolute atomic E-state index is 0.428. The van der Waals surface area contributed by atoms with Gasteiger partial charge < -0.3 is 0 Å². The zero-order valence-corrected chi connectivity index (χ0v) is 12.9. The molecule has 24 heavy (non-hydrogen) atoms. The number of rotatable bonds is 2. The number of halogens is 3. The SMILES string of the molecule is FC(F)(F)c1cccc(-c2[nH]nc3nccc(-c4ccsc4)c23)c1. The molecule has 120 valence electrons. The second-order valence-electron chi connectivity index (χ2n) is 5.25. The molecule has 0 saturated heterocycles. The van der Waals surface area contributed by atoms with Crippen molar-refractivity contribution in [2.24, 2.45) is 0 Å². The van der Waals surface area contributed by atoms with Crippen molar-refractivity contribution in [2.45, 2.75) is 6.18 Å². The van der Waals surface area contributed by atoms with Crippen LogP contribution in [0, 0.1) is 0 Å². The van der Waals surface area contributed by atoms with Gasteiger partial charge in [0.2, 0.25) is 0 Å². The van der Waals surface area contributed by atoms with E-state index in [1.165, 1.54) is 6.07 Å². The third-order valence-corrected chi connectivity index (χ3v) is 4.45. The standard InChI is InChI=1S/C17H10F3N3S/c18-17(19,20)12-3-1-2-10(8-12)15-14-13(11-5-7-24-9-11)4-6-21-16(14)23-22-15/h1-9H,(H,21,22,23). The highest BCUT2D eigenvalue weighted by Crippen LogP contribution is 2.37. The van der Waals surface area contributed by atoms with Crippen LogP contribution in [0.3, 0.4) is 0 Å². The lowest BCUT2D eigenvalue weighted by atomic mass is 10.0. The molecule has 0 radical (unpaired) electrons. The quantitative estimate of drug-likeness (QED) is 0.530. The molecule has 1 aromatic carbocycles. The summed E-state index contributed by atoms with van der Waals surface area (Å²) >= 11 is 1.55. The van der Waals surface area contributed by atoms with Crippen molar-refractivity contribution < 1.29 is 13.2 Å². The number of aromatic amines is 1. The maximum Gasteiger partial charge on any atom is 0.416 e. The molecule has 1 N–H and O–H groups in total. The minimum Gasteiger partial charge on any atom is -0.275 e. The Morgan fingerprint density at radius 1 is 1.04 bits per heavy atom. The summed E-state index contributed by atoms with van der Waals surface area (Å²) in [6.45, 7) is 0. The maximum absolute atomic E-state index is 13.0. The second kappa shape index (κ2) is 5.45. The van der Waals surface area contributed by atoms with Crippen LogP contribution in [0.4, 0.5) is 13.2 Å². The normalized spacial score (nSPS) is 12.0. The van der Waals surface area contributed by atoms with E-state index >= 15 is 0 Å². The van der Waals surface area contributed by atoms with Crippen LogP contribution < -0.4 is 0 Å². The molecule has 0 aliphatic carbocycles. The summed E-state index contributed by atoms with van der Waals surface area (Å²) in [6, 6.07) is 9.01. The molecule has 3 nitrogen and oxygen atoms in total. The van der Waals surface area contributed by atoms with E-state index < -0.39 is 11.7 Å². The third kappa shape index (κ3) is 2.46. The number of fused-ring (bicyclic) bond motifs is 1. The molecule has 0 amide bonds. The van der Waals surface area contributed by atoms with Crippen molar-refractivity contribution in [3.63, 3.8) is 0 Å². The molecule has 4 aromatic rings. The maximum atomic E-state index is 13.0. The summed E-state index contributed by atoms with van der Waals surface area (Å²) in [5.41, 5.74) is 2.63. The molecule has 3 heterocycles. The van der Waals surface area contributed by atoms with Gasteiger partial charge in [-0.25, -0.2) is 4.98 Å². The van der Waals surface area contributed by atoms with Crippen LogP contribution in [0.5, 0.6) is 0 Å². The first-order chi connectivity index (χ1) is 11.5. The summed E-state index contributed by atoms with van der Waals surface area (Å²) in [4.78, 5) is 4.21. The Hall–Kier alpha value is -2.67. The predicted octanol–water partition coefficient (Wildman–Crippen LogP) is 5.37. The molecular weight excluding hydrogens is 335 g/mol. The number of nitrogens with zero attached hydrogens (tertiary/aromatic N) is 2. The van der Waals surface area contributed by atoms with Gasteiger partial charge in [0.25, 0.3) is 0 Å². The number of benzene rings is 1. The molecule has 0 fully saturated rings. The number of alkyl halides is 3. The van der Waals surface area contributed by atoms with E-state index in [1.54, 1.807) is 23.6 Å². The highest BCUT2D eigenvalue weighted by Gasteiger charge is 2.30. The Morgan fingerprint density at radius 3 is 2.67 bits per heavy atom. The van der Waals surface area contributed by atoms with Crippen LogP contribution in [0.25, 0.3) is 33.4 Å². The van der Waals surface area contributed by atoms with E-state index in [4.69, 9.17) is 0 Å². The van der Waals surface area contributed by atoms with Crippen molar-refractivity contribution in [1.82, 2.24) is 15.2 Å². The molecule has 3 aromatic heterocycles. The summed E-state index contributed by atoms with van der Waals surface area (Å²) in [5, 5.41) is 11.6. The van der Waals surface area contributed by atoms with Crippen molar-refractivity contribution in [3.8, 4) is 22.4 Å². The summed E-state index contributed by atoms with van der Waals surface area (Å²) in [5.74, 6) is 0. The van der Waals surface area contributed by atoms with E-state index in [-0.39, 0.29) is 0 Å². The van der Waals surface area contributed by atoms with E-state index in [2.05, 4.69) is 15.2 Å². The van der Waals surface area contributed by atoms with Gasteiger partial charge >= 0.3 is 6.18 Å². The van der Waals surface area contributed by atoms with E-state index in [9.17, 15) is 13.2 Å². The van der Waals surface area contributed by atoms with Crippen LogP contribution in [-0.2, 0) is 6.18 Å². The number of nitrogens with one attached hydrogen (secondary N) is 1.